The van der Waals surface area contributed by atoms with Crippen molar-refractivity contribution in [2.24, 2.45) is 11.8 Å². The highest BCUT2D eigenvalue weighted by atomic mass is 35.5. The Kier molecular flexibility index (Phi) is 3.79. The standard InChI is InChI=1S/C24H22ClN3O3/c1-12-9-10-14-20(13(12)2)26-23(31)24(14)19-18(17-8-5-11-27(17)24)21(29)28(22(19)30)16-7-4-3-6-15(16)25/h3-4,6-7,9-10,17-19H,5,8,11H2,1-2H3,(H,26,31)/t17-,18-,19+,24-/m1/s1. The molecule has 3 amide bonds. The predicted molar refractivity (Wildman–Crippen MR) is 117 cm³/mol. The predicted octanol–water partition coefficient (Wildman–Crippen LogP) is 3.39. The Bertz CT molecular complexity index is 1190. The molecule has 7 heteroatoms. The second-order valence-electron chi connectivity index (χ2n) is 9.02. The van der Waals surface area contributed by atoms with Crippen molar-refractivity contribution in [1.82, 2.24) is 4.90 Å². The molecule has 0 unspecified atom stereocenters. The van der Waals surface area contributed by atoms with E-state index in [4.69, 9.17) is 11.6 Å². The minimum Gasteiger partial charge on any atom is -0.324 e. The van der Waals surface area contributed by atoms with Gasteiger partial charge in [0.2, 0.25) is 17.7 Å². The van der Waals surface area contributed by atoms with Crippen LogP contribution in [0.1, 0.15) is 29.5 Å². The van der Waals surface area contributed by atoms with Gasteiger partial charge >= 0.3 is 0 Å². The van der Waals surface area contributed by atoms with Crippen LogP contribution in [-0.2, 0) is 19.9 Å². The van der Waals surface area contributed by atoms with Crippen LogP contribution in [0, 0.1) is 25.7 Å². The molecule has 6 nitrogen and oxygen atoms in total. The van der Waals surface area contributed by atoms with Gasteiger partial charge in [0.25, 0.3) is 0 Å². The van der Waals surface area contributed by atoms with Crippen molar-refractivity contribution in [3.8, 4) is 0 Å². The highest BCUT2D eigenvalue weighted by Gasteiger charge is 2.74. The lowest BCUT2D eigenvalue weighted by Gasteiger charge is -2.36. The summed E-state index contributed by atoms with van der Waals surface area (Å²) in [5.41, 5.74) is 2.93. The van der Waals surface area contributed by atoms with E-state index in [0.717, 1.165) is 35.2 Å². The summed E-state index contributed by atoms with van der Waals surface area (Å²) < 4.78 is 0. The average Bonchev–Trinajstić information content (AvgIpc) is 3.45. The summed E-state index contributed by atoms with van der Waals surface area (Å²) in [6.45, 7) is 4.69. The Morgan fingerprint density at radius 1 is 1.06 bits per heavy atom. The molecule has 3 fully saturated rings. The van der Waals surface area contributed by atoms with Gasteiger partial charge in [0.1, 0.15) is 5.54 Å². The fraction of sp³-hybridized carbons (Fsp3) is 0.375. The van der Waals surface area contributed by atoms with Crippen molar-refractivity contribution in [3.05, 3.63) is 58.1 Å². The van der Waals surface area contributed by atoms with Gasteiger partial charge in [-0.3, -0.25) is 19.3 Å². The van der Waals surface area contributed by atoms with Gasteiger partial charge in [-0.15, -0.1) is 0 Å². The zero-order valence-electron chi connectivity index (χ0n) is 17.3. The lowest BCUT2D eigenvalue weighted by atomic mass is 9.75. The zero-order valence-corrected chi connectivity index (χ0v) is 18.1. The molecule has 0 saturated carbocycles. The third-order valence-corrected chi connectivity index (χ3v) is 8.11. The topological polar surface area (TPSA) is 69.7 Å². The molecule has 6 rings (SSSR count). The summed E-state index contributed by atoms with van der Waals surface area (Å²) in [5.74, 6) is -2.09. The summed E-state index contributed by atoms with van der Waals surface area (Å²) in [6, 6.07) is 10.7. The molecule has 158 valence electrons. The number of hydrogen-bond donors (Lipinski definition) is 1. The number of aryl methyl sites for hydroxylation is 1. The minimum atomic E-state index is -1.15. The van der Waals surface area contributed by atoms with Gasteiger partial charge in [-0.2, -0.15) is 0 Å². The number of anilines is 2. The second kappa shape index (κ2) is 6.17. The lowest BCUT2D eigenvalue weighted by molar-refractivity contribution is -0.135. The Labute approximate surface area is 185 Å². The molecule has 2 aromatic rings. The van der Waals surface area contributed by atoms with E-state index in [0.29, 0.717) is 17.3 Å². The SMILES string of the molecule is Cc1ccc2c(c1C)NC(=O)[C@]21[C@@H]2C(=O)N(c3ccccc3Cl)C(=O)[C@@H]2[C@H]2CCCN21. The summed E-state index contributed by atoms with van der Waals surface area (Å²) in [6.07, 6.45) is 1.70. The quantitative estimate of drug-likeness (QED) is 0.697. The third kappa shape index (κ3) is 2.10. The first-order valence-electron chi connectivity index (χ1n) is 10.7. The Morgan fingerprint density at radius 2 is 1.84 bits per heavy atom. The van der Waals surface area contributed by atoms with Crippen LogP contribution >= 0.6 is 11.6 Å². The number of fused-ring (bicyclic) bond motifs is 7. The van der Waals surface area contributed by atoms with Crippen LogP contribution in [0.15, 0.2) is 36.4 Å². The van der Waals surface area contributed by atoms with Crippen LogP contribution < -0.4 is 10.2 Å². The van der Waals surface area contributed by atoms with Gasteiger partial charge in [-0.25, -0.2) is 4.90 Å². The number of nitrogens with zero attached hydrogens (tertiary/aromatic N) is 2. The maximum absolute atomic E-state index is 13.9. The van der Waals surface area contributed by atoms with E-state index in [9.17, 15) is 14.4 Å². The van der Waals surface area contributed by atoms with Crippen molar-refractivity contribution < 1.29 is 14.4 Å². The molecule has 4 aliphatic rings. The van der Waals surface area contributed by atoms with Crippen molar-refractivity contribution >= 4 is 40.7 Å². The van der Waals surface area contributed by atoms with E-state index in [1.54, 1.807) is 24.3 Å². The fourth-order valence-electron chi connectivity index (χ4n) is 6.39. The number of imide groups is 1. The van der Waals surface area contributed by atoms with E-state index >= 15 is 0 Å². The first kappa shape index (κ1) is 19.0. The fourth-order valence-corrected chi connectivity index (χ4v) is 6.61. The second-order valence-corrected chi connectivity index (χ2v) is 9.43. The van der Waals surface area contributed by atoms with Crippen LogP contribution in [0.25, 0.3) is 0 Å². The Morgan fingerprint density at radius 3 is 2.61 bits per heavy atom. The molecule has 0 radical (unpaired) electrons. The number of nitrogens with one attached hydrogen (secondary N) is 1. The molecule has 0 aromatic heterocycles. The number of halogens is 1. The van der Waals surface area contributed by atoms with E-state index < -0.39 is 17.4 Å². The number of amides is 3. The summed E-state index contributed by atoms with van der Waals surface area (Å²) in [5, 5.41) is 3.43. The number of carbonyl (C=O) groups is 3. The highest BCUT2D eigenvalue weighted by Crippen LogP contribution is 2.61. The average molecular weight is 436 g/mol. The van der Waals surface area contributed by atoms with Gasteiger partial charge in [0.15, 0.2) is 0 Å². The van der Waals surface area contributed by atoms with Gasteiger partial charge < -0.3 is 5.32 Å². The maximum Gasteiger partial charge on any atom is 0.250 e. The third-order valence-electron chi connectivity index (χ3n) is 7.79. The van der Waals surface area contributed by atoms with Gasteiger partial charge in [0.05, 0.1) is 22.5 Å². The van der Waals surface area contributed by atoms with Crippen LogP contribution in [0.2, 0.25) is 5.02 Å². The first-order valence-corrected chi connectivity index (χ1v) is 11.1. The van der Waals surface area contributed by atoms with Crippen LogP contribution in [0.5, 0.6) is 0 Å². The van der Waals surface area contributed by atoms with E-state index in [1.807, 2.05) is 26.0 Å². The van der Waals surface area contributed by atoms with Gasteiger partial charge in [-0.1, -0.05) is 35.9 Å². The van der Waals surface area contributed by atoms with Crippen molar-refractivity contribution in [1.29, 1.82) is 0 Å². The van der Waals surface area contributed by atoms with E-state index in [2.05, 4.69) is 10.2 Å². The zero-order chi connectivity index (χ0) is 21.7. The summed E-state index contributed by atoms with van der Waals surface area (Å²) in [7, 11) is 0. The van der Waals surface area contributed by atoms with Crippen LogP contribution in [0.3, 0.4) is 0 Å². The summed E-state index contributed by atoms with van der Waals surface area (Å²) >= 11 is 6.37. The molecule has 31 heavy (non-hydrogen) atoms. The Balaban J connectivity index is 1.59. The normalized spacial score (nSPS) is 31.4. The molecule has 1 N–H and O–H groups in total. The minimum absolute atomic E-state index is 0.132. The smallest absolute Gasteiger partial charge is 0.250 e. The molecule has 4 heterocycles. The van der Waals surface area contributed by atoms with E-state index in [1.165, 1.54) is 4.90 Å². The highest BCUT2D eigenvalue weighted by molar-refractivity contribution is 6.36. The van der Waals surface area contributed by atoms with Crippen LogP contribution in [-0.4, -0.2) is 35.2 Å². The number of para-hydroxylation sites is 1. The van der Waals surface area contributed by atoms with Gasteiger partial charge in [0, 0.05) is 17.3 Å². The van der Waals surface area contributed by atoms with Crippen molar-refractivity contribution in [2.75, 3.05) is 16.8 Å². The number of hydrogen-bond acceptors (Lipinski definition) is 4. The molecular weight excluding hydrogens is 414 g/mol. The van der Waals surface area contributed by atoms with Gasteiger partial charge in [-0.05, 0) is 56.5 Å². The van der Waals surface area contributed by atoms with Crippen molar-refractivity contribution in [3.63, 3.8) is 0 Å². The van der Waals surface area contributed by atoms with E-state index in [-0.39, 0.29) is 23.8 Å². The monoisotopic (exact) mass is 435 g/mol. The van der Waals surface area contributed by atoms with Crippen LogP contribution in [0.4, 0.5) is 11.4 Å². The summed E-state index contributed by atoms with van der Waals surface area (Å²) in [4.78, 5) is 44.6. The molecule has 2 aromatic carbocycles. The molecule has 1 spiro atoms. The molecule has 4 atom stereocenters. The number of rotatable bonds is 1. The molecule has 4 aliphatic heterocycles. The Hall–Kier alpha value is -2.70. The molecule has 3 saturated heterocycles. The molecule has 0 bridgehead atoms. The number of carbonyl (C=O) groups excluding carboxylic acids is 3. The van der Waals surface area contributed by atoms with Crippen molar-refractivity contribution in [2.45, 2.75) is 38.3 Å². The lowest BCUT2D eigenvalue weighted by Crippen LogP contribution is -2.54. The maximum atomic E-state index is 13.9. The number of benzene rings is 2. The molecular formula is C24H22ClN3O3. The largest absolute Gasteiger partial charge is 0.324 e. The molecule has 0 aliphatic carbocycles. The first-order chi connectivity index (χ1) is 14.9.